The maximum atomic E-state index is 13.1. The minimum atomic E-state index is -0.610. The van der Waals surface area contributed by atoms with E-state index in [9.17, 15) is 14.5 Å². The number of halogens is 1. The van der Waals surface area contributed by atoms with E-state index >= 15 is 0 Å². The fourth-order valence-corrected chi connectivity index (χ4v) is 2.63. The van der Waals surface area contributed by atoms with Gasteiger partial charge in [-0.15, -0.1) is 0 Å². The fraction of sp³-hybridized carbons (Fsp3) is 0.235. The van der Waals surface area contributed by atoms with Crippen LogP contribution in [-0.4, -0.2) is 31.7 Å². The zero-order chi connectivity index (χ0) is 20.3. The number of nitrogens with one attached hydrogen (secondary N) is 2. The summed E-state index contributed by atoms with van der Waals surface area (Å²) >= 11 is 0. The Morgan fingerprint density at radius 1 is 1.43 bits per heavy atom. The first kappa shape index (κ1) is 19.0. The molecule has 0 fully saturated rings. The third-order valence-corrected chi connectivity index (χ3v) is 3.89. The molecule has 0 aliphatic heterocycles. The molecule has 0 amide bonds. The predicted molar refractivity (Wildman–Crippen MR) is 100 cm³/mol. The van der Waals surface area contributed by atoms with Crippen molar-refractivity contribution in [2.75, 3.05) is 17.7 Å². The highest BCUT2D eigenvalue weighted by Gasteiger charge is 2.25. The Hall–Kier alpha value is -3.76. The normalized spacial score (nSPS) is 11.8. The van der Waals surface area contributed by atoms with E-state index < -0.39 is 10.7 Å². The van der Waals surface area contributed by atoms with Crippen molar-refractivity contribution in [1.82, 2.24) is 20.2 Å². The lowest BCUT2D eigenvalue weighted by molar-refractivity contribution is -0.383. The molecule has 28 heavy (non-hydrogen) atoms. The number of nitro groups is 1. The largest absolute Gasteiger partial charge is 0.478 e. The lowest BCUT2D eigenvalue weighted by Gasteiger charge is -2.15. The summed E-state index contributed by atoms with van der Waals surface area (Å²) in [5.41, 5.74) is 6.52. The molecule has 0 saturated heterocycles. The highest BCUT2D eigenvalue weighted by Crippen LogP contribution is 2.36. The Kier molecular flexibility index (Phi) is 5.34. The smallest absolute Gasteiger partial charge is 0.320 e. The molecule has 10 nitrogen and oxygen atoms in total. The third kappa shape index (κ3) is 3.98. The van der Waals surface area contributed by atoms with E-state index in [-0.39, 0.29) is 28.9 Å². The molecule has 146 valence electrons. The summed E-state index contributed by atoms with van der Waals surface area (Å²) in [4.78, 5) is 18.9. The van der Waals surface area contributed by atoms with Gasteiger partial charge in [-0.1, -0.05) is 0 Å². The molecular weight excluding hydrogens is 369 g/mol. The number of nitrogens with two attached hydrogens (primary N) is 1. The van der Waals surface area contributed by atoms with Gasteiger partial charge in [0.15, 0.2) is 0 Å². The van der Waals surface area contributed by atoms with E-state index in [1.54, 1.807) is 19.9 Å². The zero-order valence-electron chi connectivity index (χ0n) is 15.1. The topological polar surface area (TPSA) is 145 Å². The molecule has 3 aromatic heterocycles. The van der Waals surface area contributed by atoms with Gasteiger partial charge in [0, 0.05) is 6.07 Å². The third-order valence-electron chi connectivity index (χ3n) is 3.89. The van der Waals surface area contributed by atoms with E-state index in [4.69, 9.17) is 10.5 Å². The molecule has 3 heterocycles. The van der Waals surface area contributed by atoms with Crippen molar-refractivity contribution in [3.63, 3.8) is 0 Å². The molecule has 0 aromatic carbocycles. The molecule has 4 N–H and O–H groups in total. The minimum Gasteiger partial charge on any atom is -0.478 e. The Balaban J connectivity index is 1.97. The van der Waals surface area contributed by atoms with Crippen LogP contribution in [0.1, 0.15) is 25.6 Å². The van der Waals surface area contributed by atoms with Crippen LogP contribution < -0.4 is 15.8 Å². The molecule has 1 atom stereocenters. The van der Waals surface area contributed by atoms with Crippen LogP contribution in [0, 0.1) is 15.9 Å². The number of pyridine rings is 2. The highest BCUT2D eigenvalue weighted by molar-refractivity contribution is 5.80. The van der Waals surface area contributed by atoms with E-state index in [2.05, 4.69) is 25.5 Å². The average molecular weight is 387 g/mol. The lowest BCUT2D eigenvalue weighted by atomic mass is 10.1. The van der Waals surface area contributed by atoms with Crippen LogP contribution in [0.3, 0.4) is 0 Å². The number of ether oxygens (including phenoxy) is 1. The van der Waals surface area contributed by atoms with Crippen molar-refractivity contribution in [2.24, 2.45) is 0 Å². The number of H-pyrrole nitrogens is 1. The van der Waals surface area contributed by atoms with Gasteiger partial charge in [0.2, 0.25) is 11.7 Å². The van der Waals surface area contributed by atoms with E-state index in [1.807, 2.05) is 0 Å². The van der Waals surface area contributed by atoms with Crippen LogP contribution in [-0.2, 0) is 0 Å². The second-order valence-electron chi connectivity index (χ2n) is 5.86. The fourth-order valence-electron chi connectivity index (χ4n) is 2.63. The van der Waals surface area contributed by atoms with Crippen molar-refractivity contribution < 1.29 is 14.1 Å². The predicted octanol–water partition coefficient (Wildman–Crippen LogP) is 3.07. The molecule has 0 aliphatic carbocycles. The van der Waals surface area contributed by atoms with Crippen molar-refractivity contribution in [2.45, 2.75) is 19.9 Å². The molecule has 3 aromatic rings. The standard InChI is InChI=1S/C17H18FN7O3/c1-3-28-15-7-13(23-24-15)11-6-14(22-17(19)16(11)25(26)27)21-9(2)12-5-4-10(18)8-20-12/h4-9H,3H2,1-2H3,(H,23,24)(H3,19,21,22)/t9-/m0/s1. The maximum Gasteiger partial charge on any atom is 0.320 e. The molecular formula is C17H18FN7O3. The summed E-state index contributed by atoms with van der Waals surface area (Å²) in [5.74, 6) is -0.0388. The summed E-state index contributed by atoms with van der Waals surface area (Å²) in [5, 5.41) is 21.3. The van der Waals surface area contributed by atoms with E-state index in [1.165, 1.54) is 18.2 Å². The van der Waals surface area contributed by atoms with Crippen molar-refractivity contribution in [1.29, 1.82) is 0 Å². The van der Waals surface area contributed by atoms with Crippen molar-refractivity contribution >= 4 is 17.3 Å². The molecule has 0 aliphatic rings. The molecule has 0 bridgehead atoms. The van der Waals surface area contributed by atoms with Crippen LogP contribution in [0.2, 0.25) is 0 Å². The minimum absolute atomic E-state index is 0.182. The monoisotopic (exact) mass is 387 g/mol. The van der Waals surface area contributed by atoms with Gasteiger partial charge >= 0.3 is 5.69 Å². The Bertz CT molecular complexity index is 991. The first-order valence-corrected chi connectivity index (χ1v) is 8.40. The van der Waals surface area contributed by atoms with Crippen LogP contribution in [0.15, 0.2) is 30.5 Å². The number of anilines is 2. The van der Waals surface area contributed by atoms with Gasteiger partial charge in [-0.05, 0) is 32.0 Å². The van der Waals surface area contributed by atoms with Gasteiger partial charge in [-0.2, -0.15) is 5.10 Å². The second-order valence-corrected chi connectivity index (χ2v) is 5.86. The lowest BCUT2D eigenvalue weighted by Crippen LogP contribution is -2.11. The number of hydrogen-bond acceptors (Lipinski definition) is 8. The molecule has 3 rings (SSSR count). The second kappa shape index (κ2) is 7.86. The van der Waals surface area contributed by atoms with Gasteiger partial charge in [0.25, 0.3) is 0 Å². The first-order chi connectivity index (χ1) is 13.4. The van der Waals surface area contributed by atoms with Crippen LogP contribution in [0.5, 0.6) is 5.88 Å². The van der Waals surface area contributed by atoms with Gasteiger partial charge < -0.3 is 15.8 Å². The number of nitrogens with zero attached hydrogens (tertiary/aromatic N) is 4. The van der Waals surface area contributed by atoms with E-state index in [0.717, 1.165) is 6.20 Å². The molecule has 0 radical (unpaired) electrons. The average Bonchev–Trinajstić information content (AvgIpc) is 3.10. The molecule has 0 saturated carbocycles. The number of aromatic nitrogens is 4. The van der Waals surface area contributed by atoms with Crippen molar-refractivity contribution in [3.05, 3.63) is 52.1 Å². The van der Waals surface area contributed by atoms with Crippen LogP contribution >= 0.6 is 0 Å². The summed E-state index contributed by atoms with van der Waals surface area (Å²) in [6, 6.07) is 5.49. The molecule has 0 spiro atoms. The van der Waals surface area contributed by atoms with Crippen molar-refractivity contribution in [3.8, 4) is 17.1 Å². The number of aromatic amines is 1. The summed E-state index contributed by atoms with van der Waals surface area (Å²) in [6.07, 6.45) is 1.11. The van der Waals surface area contributed by atoms with E-state index in [0.29, 0.717) is 23.9 Å². The van der Waals surface area contributed by atoms with Crippen LogP contribution in [0.4, 0.5) is 21.7 Å². The summed E-state index contributed by atoms with van der Waals surface area (Å²) in [7, 11) is 0. The summed E-state index contributed by atoms with van der Waals surface area (Å²) < 4.78 is 18.4. The Labute approximate surface area is 159 Å². The Morgan fingerprint density at radius 2 is 2.21 bits per heavy atom. The summed E-state index contributed by atoms with van der Waals surface area (Å²) in [6.45, 7) is 4.01. The quantitative estimate of drug-likeness (QED) is 0.414. The Morgan fingerprint density at radius 3 is 2.86 bits per heavy atom. The SMILES string of the molecule is CCOc1cc(-c2cc(N[C@@H](C)c3ccc(F)cn3)nc(N)c2[N+](=O)[O-])n[nH]1. The molecule has 11 heteroatoms. The van der Waals surface area contributed by atoms with Gasteiger partial charge in [0.05, 0.1) is 35.0 Å². The van der Waals surface area contributed by atoms with Crippen LogP contribution in [0.25, 0.3) is 11.3 Å². The number of rotatable bonds is 7. The van der Waals surface area contributed by atoms with Gasteiger partial charge in [0.1, 0.15) is 17.3 Å². The highest BCUT2D eigenvalue weighted by atomic mass is 19.1. The first-order valence-electron chi connectivity index (χ1n) is 8.40. The van der Waals surface area contributed by atoms with Gasteiger partial charge in [-0.25, -0.2) is 14.5 Å². The molecule has 0 unspecified atom stereocenters. The maximum absolute atomic E-state index is 13.1. The van der Waals surface area contributed by atoms with Gasteiger partial charge in [-0.3, -0.25) is 15.1 Å². The zero-order valence-corrected chi connectivity index (χ0v) is 15.1. The number of nitrogen functional groups attached to an aromatic ring is 1. The number of hydrogen-bond donors (Lipinski definition) is 3.